The number of hydrogen-bond acceptors (Lipinski definition) is 4. The Hall–Kier alpha value is -2.46. The third-order valence-electron chi connectivity index (χ3n) is 5.11. The molecule has 0 aliphatic heterocycles. The summed E-state index contributed by atoms with van der Waals surface area (Å²) in [5, 5.41) is 5.96. The van der Waals surface area contributed by atoms with Crippen LogP contribution in [-0.4, -0.2) is 18.3 Å². The minimum atomic E-state index is -0.268. The van der Waals surface area contributed by atoms with Crippen LogP contribution in [0.4, 0.5) is 5.13 Å². The van der Waals surface area contributed by atoms with Crippen LogP contribution in [0.5, 0.6) is 0 Å². The summed E-state index contributed by atoms with van der Waals surface area (Å²) in [5.41, 5.74) is 3.17. The number of carbonyl (C=O) groups is 1. The molecule has 1 unspecified atom stereocenters. The summed E-state index contributed by atoms with van der Waals surface area (Å²) in [6.07, 6.45) is 2.02. The van der Waals surface area contributed by atoms with Crippen molar-refractivity contribution in [2.24, 2.45) is 5.41 Å². The highest BCUT2D eigenvalue weighted by atomic mass is 32.1. The molecule has 1 N–H and O–H groups in total. The Kier molecular flexibility index (Phi) is 5.23. The average molecular weight is 365 g/mol. The molecule has 134 valence electrons. The molecule has 26 heavy (non-hydrogen) atoms. The van der Waals surface area contributed by atoms with Crippen molar-refractivity contribution in [2.75, 3.05) is 12.4 Å². The molecule has 0 amide bonds. The Labute approximate surface area is 159 Å². The van der Waals surface area contributed by atoms with Crippen LogP contribution in [-0.2, 0) is 10.2 Å². The van der Waals surface area contributed by atoms with Gasteiger partial charge < -0.3 is 10.1 Å². The third-order valence-corrected chi connectivity index (χ3v) is 6.09. The highest BCUT2D eigenvalue weighted by Crippen LogP contribution is 2.66. The van der Waals surface area contributed by atoms with Gasteiger partial charge in [-0.2, -0.15) is 0 Å². The van der Waals surface area contributed by atoms with Crippen LogP contribution in [0.15, 0.2) is 66.0 Å². The van der Waals surface area contributed by atoms with Gasteiger partial charge in [0.1, 0.15) is 6.29 Å². The highest BCUT2D eigenvalue weighted by Gasteiger charge is 2.66. The van der Waals surface area contributed by atoms with Crippen LogP contribution < -0.4 is 5.32 Å². The van der Waals surface area contributed by atoms with Gasteiger partial charge in [-0.3, -0.25) is 0 Å². The van der Waals surface area contributed by atoms with Crippen molar-refractivity contribution in [3.8, 4) is 0 Å². The second-order valence-electron chi connectivity index (χ2n) is 6.89. The van der Waals surface area contributed by atoms with Crippen molar-refractivity contribution in [3.05, 3.63) is 82.9 Å². The first kappa shape index (κ1) is 18.3. The molecule has 1 heterocycles. The first-order chi connectivity index (χ1) is 12.6. The molecule has 1 saturated carbocycles. The van der Waals surface area contributed by atoms with Gasteiger partial charge in [-0.15, -0.1) is 11.3 Å². The molecule has 1 atom stereocenters. The predicted molar refractivity (Wildman–Crippen MR) is 109 cm³/mol. The number of aldehydes is 1. The zero-order chi connectivity index (χ0) is 18.6. The lowest BCUT2D eigenvalue weighted by atomic mass is 9.81. The largest absolute Gasteiger partial charge is 0.365 e. The van der Waals surface area contributed by atoms with E-state index in [1.807, 2.05) is 55.7 Å². The predicted octanol–water partition coefficient (Wildman–Crippen LogP) is 5.07. The first-order valence-electron chi connectivity index (χ1n) is 8.73. The van der Waals surface area contributed by atoms with Gasteiger partial charge in [0.15, 0.2) is 5.13 Å². The van der Waals surface area contributed by atoms with Crippen LogP contribution in [0, 0.1) is 12.3 Å². The van der Waals surface area contributed by atoms with Crippen LogP contribution in [0.2, 0.25) is 0 Å². The number of aromatic nitrogens is 1. The van der Waals surface area contributed by atoms with Gasteiger partial charge in [-0.05, 0) is 24.5 Å². The fraction of sp³-hybridized carbons (Fsp3) is 0.273. The summed E-state index contributed by atoms with van der Waals surface area (Å²) in [7, 11) is 1.87. The molecule has 1 fully saturated rings. The van der Waals surface area contributed by atoms with Crippen molar-refractivity contribution >= 4 is 22.8 Å². The molecule has 4 heteroatoms. The molecular formula is C22H24N2OS. The van der Waals surface area contributed by atoms with E-state index >= 15 is 0 Å². The summed E-state index contributed by atoms with van der Waals surface area (Å²) < 4.78 is 0. The van der Waals surface area contributed by atoms with Gasteiger partial charge in [0.2, 0.25) is 0 Å². The maximum absolute atomic E-state index is 11.5. The fourth-order valence-corrected chi connectivity index (χ4v) is 4.24. The molecule has 4 rings (SSSR count). The summed E-state index contributed by atoms with van der Waals surface area (Å²) in [5.74, 6) is 0. The minimum absolute atomic E-state index is 0.128. The Morgan fingerprint density at radius 1 is 1.04 bits per heavy atom. The van der Waals surface area contributed by atoms with Gasteiger partial charge in [-0.25, -0.2) is 4.98 Å². The van der Waals surface area contributed by atoms with Gasteiger partial charge in [0.05, 0.1) is 5.69 Å². The summed E-state index contributed by atoms with van der Waals surface area (Å²) in [6, 6.07) is 20.7. The van der Waals surface area contributed by atoms with Crippen LogP contribution >= 0.6 is 11.3 Å². The molecule has 0 radical (unpaired) electrons. The fourth-order valence-electron chi connectivity index (χ4n) is 3.59. The van der Waals surface area contributed by atoms with E-state index in [1.54, 1.807) is 11.3 Å². The number of rotatable bonds is 4. The molecule has 0 spiro atoms. The Morgan fingerprint density at radius 3 is 1.88 bits per heavy atom. The number of benzene rings is 2. The van der Waals surface area contributed by atoms with Crippen LogP contribution in [0.1, 0.15) is 30.2 Å². The van der Waals surface area contributed by atoms with Crippen molar-refractivity contribution in [1.29, 1.82) is 0 Å². The van der Waals surface area contributed by atoms with Crippen molar-refractivity contribution in [1.82, 2.24) is 4.98 Å². The van der Waals surface area contributed by atoms with E-state index in [0.29, 0.717) is 0 Å². The molecule has 1 aliphatic rings. The number of nitrogens with zero attached hydrogens (tertiary/aromatic N) is 1. The molecular weight excluding hydrogens is 340 g/mol. The molecule has 1 aromatic heterocycles. The number of thiazole rings is 1. The minimum Gasteiger partial charge on any atom is -0.365 e. The molecule has 0 saturated heterocycles. The van der Waals surface area contributed by atoms with Crippen LogP contribution in [0.25, 0.3) is 0 Å². The van der Waals surface area contributed by atoms with E-state index in [4.69, 9.17) is 0 Å². The first-order valence-corrected chi connectivity index (χ1v) is 9.61. The quantitative estimate of drug-likeness (QED) is 0.657. The van der Waals surface area contributed by atoms with Crippen LogP contribution in [0.3, 0.4) is 0 Å². The maximum Gasteiger partial charge on any atom is 0.182 e. The number of nitrogens with one attached hydrogen (secondary N) is 1. The summed E-state index contributed by atoms with van der Waals surface area (Å²) in [4.78, 5) is 15.6. The van der Waals surface area contributed by atoms with Gasteiger partial charge in [0.25, 0.3) is 0 Å². The lowest BCUT2D eigenvalue weighted by Gasteiger charge is -2.21. The molecule has 3 nitrogen and oxygen atoms in total. The second kappa shape index (κ2) is 7.42. The standard InChI is InChI=1S/C17H16O.C5H8N2S/c1-16(13-18)12-17(16,14-8-4-2-5-9-14)15-10-6-3-7-11-15;1-4-3-8-5(6-2)7-4/h2-11,13H,12H2,1H3;3H,1-2H3,(H,6,7). The summed E-state index contributed by atoms with van der Waals surface area (Å²) >= 11 is 1.63. The van der Waals surface area contributed by atoms with Crippen molar-refractivity contribution in [3.63, 3.8) is 0 Å². The number of carbonyl (C=O) groups excluding carboxylic acids is 1. The van der Waals surface area contributed by atoms with E-state index in [-0.39, 0.29) is 10.8 Å². The van der Waals surface area contributed by atoms with Crippen molar-refractivity contribution in [2.45, 2.75) is 25.7 Å². The lowest BCUT2D eigenvalue weighted by Crippen LogP contribution is -2.19. The van der Waals surface area contributed by atoms with E-state index in [9.17, 15) is 4.79 Å². The number of anilines is 1. The summed E-state index contributed by atoms with van der Waals surface area (Å²) in [6.45, 7) is 4.04. The molecule has 2 aromatic carbocycles. The smallest absolute Gasteiger partial charge is 0.182 e. The molecule has 3 aromatic rings. The zero-order valence-corrected chi connectivity index (χ0v) is 16.2. The lowest BCUT2D eigenvalue weighted by molar-refractivity contribution is -0.112. The third kappa shape index (κ3) is 3.29. The molecule has 1 aliphatic carbocycles. The maximum atomic E-state index is 11.5. The average Bonchev–Trinajstić information content (AvgIpc) is 3.13. The monoisotopic (exact) mass is 364 g/mol. The van der Waals surface area contributed by atoms with Crippen molar-refractivity contribution < 1.29 is 4.79 Å². The van der Waals surface area contributed by atoms with E-state index < -0.39 is 0 Å². The highest BCUT2D eigenvalue weighted by molar-refractivity contribution is 7.13. The Bertz CT molecular complexity index is 821. The van der Waals surface area contributed by atoms with Gasteiger partial charge >= 0.3 is 0 Å². The van der Waals surface area contributed by atoms with Gasteiger partial charge in [-0.1, -0.05) is 67.6 Å². The van der Waals surface area contributed by atoms with E-state index in [1.165, 1.54) is 11.1 Å². The second-order valence-corrected chi connectivity index (χ2v) is 7.75. The Morgan fingerprint density at radius 2 is 1.58 bits per heavy atom. The SMILES string of the molecule is CC1(C=O)CC1(c1ccccc1)c1ccccc1.CNc1nc(C)cs1. The molecule has 0 bridgehead atoms. The topological polar surface area (TPSA) is 42.0 Å². The number of hydrogen-bond donors (Lipinski definition) is 1. The van der Waals surface area contributed by atoms with E-state index in [2.05, 4.69) is 41.5 Å². The van der Waals surface area contributed by atoms with E-state index in [0.717, 1.165) is 23.5 Å². The Balaban J connectivity index is 0.000000206. The zero-order valence-electron chi connectivity index (χ0n) is 15.4. The van der Waals surface area contributed by atoms with Gasteiger partial charge in [0, 0.05) is 23.3 Å². The normalized spacial score (nSPS) is 19.8. The number of aryl methyl sites for hydroxylation is 1.